The van der Waals surface area contributed by atoms with Crippen LogP contribution in [0.25, 0.3) is 22.3 Å². The van der Waals surface area contributed by atoms with E-state index in [0.29, 0.717) is 16.5 Å². The standard InChI is InChI=1S/C28H23BrF4N2O4S/c1-34-27(36)25-21-13-20(15-2-3-15)23(14-24(21)39-26(25)17-5-8-19(30)9-6-17)35-40(37,38)11-10-16-4-7-18(29)12-22(16)28(31,32)33/h4-9,12-15,35H,2-3,10-11H2,1H3,(H,34,36). The molecule has 0 saturated heterocycles. The van der Waals surface area contributed by atoms with Crippen molar-refractivity contribution in [1.82, 2.24) is 5.32 Å². The second-order valence-electron chi connectivity index (χ2n) is 9.57. The molecule has 1 saturated carbocycles. The topological polar surface area (TPSA) is 88.4 Å². The third kappa shape index (κ3) is 5.87. The van der Waals surface area contributed by atoms with Crippen molar-refractivity contribution in [3.05, 3.63) is 87.1 Å². The minimum Gasteiger partial charge on any atom is -0.455 e. The SMILES string of the molecule is CNC(=O)c1c(-c2ccc(F)cc2)oc2cc(NS(=O)(=O)CCc3ccc(Br)cc3C(F)(F)F)c(C3CC3)cc12. The van der Waals surface area contributed by atoms with E-state index in [1.807, 2.05) is 0 Å². The van der Waals surface area contributed by atoms with E-state index in [4.69, 9.17) is 4.42 Å². The maximum Gasteiger partial charge on any atom is 0.416 e. The normalized spacial score (nSPS) is 13.9. The van der Waals surface area contributed by atoms with Crippen LogP contribution in [0, 0.1) is 5.82 Å². The molecular weight excluding hydrogens is 616 g/mol. The molecule has 0 unspecified atom stereocenters. The van der Waals surface area contributed by atoms with E-state index < -0.39 is 39.2 Å². The number of carbonyl (C=O) groups excluding carboxylic acids is 1. The van der Waals surface area contributed by atoms with Gasteiger partial charge in [0.15, 0.2) is 0 Å². The molecule has 3 aromatic carbocycles. The maximum atomic E-state index is 13.5. The molecule has 5 rings (SSSR count). The van der Waals surface area contributed by atoms with Crippen LogP contribution in [0.4, 0.5) is 23.2 Å². The van der Waals surface area contributed by atoms with Gasteiger partial charge in [-0.1, -0.05) is 22.0 Å². The number of furan rings is 1. The van der Waals surface area contributed by atoms with Crippen LogP contribution in [-0.4, -0.2) is 27.1 Å². The summed E-state index contributed by atoms with van der Waals surface area (Å²) in [5.41, 5.74) is 0.785. The first-order valence-electron chi connectivity index (χ1n) is 12.3. The number of aryl methyl sites for hydroxylation is 1. The summed E-state index contributed by atoms with van der Waals surface area (Å²) in [6.07, 6.45) is -3.36. The van der Waals surface area contributed by atoms with Crippen LogP contribution in [0.1, 0.15) is 45.8 Å². The van der Waals surface area contributed by atoms with Crippen molar-refractivity contribution in [3.63, 3.8) is 0 Å². The monoisotopic (exact) mass is 638 g/mol. The van der Waals surface area contributed by atoms with Gasteiger partial charge in [0, 0.05) is 28.5 Å². The van der Waals surface area contributed by atoms with Crippen molar-refractivity contribution in [2.75, 3.05) is 17.5 Å². The Hall–Kier alpha value is -3.38. The van der Waals surface area contributed by atoms with Gasteiger partial charge in [-0.05, 0) is 78.8 Å². The van der Waals surface area contributed by atoms with Crippen molar-refractivity contribution in [2.45, 2.75) is 31.4 Å². The molecule has 0 aliphatic heterocycles. The Kier molecular flexibility index (Phi) is 7.43. The largest absolute Gasteiger partial charge is 0.455 e. The smallest absolute Gasteiger partial charge is 0.416 e. The van der Waals surface area contributed by atoms with Crippen LogP contribution < -0.4 is 10.0 Å². The number of carbonyl (C=O) groups is 1. The number of hydrogen-bond acceptors (Lipinski definition) is 4. The van der Waals surface area contributed by atoms with E-state index >= 15 is 0 Å². The van der Waals surface area contributed by atoms with Gasteiger partial charge in [-0.15, -0.1) is 0 Å². The Balaban J connectivity index is 1.51. The lowest BCUT2D eigenvalue weighted by Crippen LogP contribution is -2.20. The first-order chi connectivity index (χ1) is 18.9. The molecule has 40 heavy (non-hydrogen) atoms. The van der Waals surface area contributed by atoms with Crippen LogP contribution in [0.2, 0.25) is 0 Å². The summed E-state index contributed by atoms with van der Waals surface area (Å²) < 4.78 is 89.0. The first-order valence-corrected chi connectivity index (χ1v) is 14.8. The molecule has 1 heterocycles. The number of hydrogen-bond donors (Lipinski definition) is 2. The number of amides is 1. The third-order valence-electron chi connectivity index (χ3n) is 6.72. The molecule has 4 aromatic rings. The van der Waals surface area contributed by atoms with E-state index in [-0.39, 0.29) is 45.0 Å². The molecule has 0 radical (unpaired) electrons. The fraction of sp³-hybridized carbons (Fsp3) is 0.250. The Labute approximate surface area is 235 Å². The highest BCUT2D eigenvalue weighted by Gasteiger charge is 2.34. The highest BCUT2D eigenvalue weighted by Crippen LogP contribution is 2.47. The summed E-state index contributed by atoms with van der Waals surface area (Å²) >= 11 is 3.03. The molecular formula is C28H23BrF4N2O4S. The minimum atomic E-state index is -4.63. The van der Waals surface area contributed by atoms with Crippen molar-refractivity contribution in [2.24, 2.45) is 0 Å². The second-order valence-corrected chi connectivity index (χ2v) is 12.3. The molecule has 210 valence electrons. The molecule has 12 heteroatoms. The molecule has 1 aliphatic rings. The Bertz CT molecular complexity index is 1710. The molecule has 1 amide bonds. The number of halogens is 5. The van der Waals surface area contributed by atoms with Crippen LogP contribution in [0.15, 0.2) is 63.5 Å². The van der Waals surface area contributed by atoms with E-state index in [2.05, 4.69) is 26.0 Å². The molecule has 0 atom stereocenters. The quantitative estimate of drug-likeness (QED) is 0.199. The Morgan fingerprint density at radius 1 is 1.07 bits per heavy atom. The van der Waals surface area contributed by atoms with Gasteiger partial charge < -0.3 is 9.73 Å². The fourth-order valence-corrected chi connectivity index (χ4v) is 6.09. The zero-order valence-corrected chi connectivity index (χ0v) is 23.4. The molecule has 0 bridgehead atoms. The summed E-state index contributed by atoms with van der Waals surface area (Å²) in [5, 5.41) is 3.05. The number of benzene rings is 3. The molecule has 1 aliphatic carbocycles. The number of alkyl halides is 3. The van der Waals surface area contributed by atoms with Gasteiger partial charge in [-0.3, -0.25) is 9.52 Å². The molecule has 0 spiro atoms. The van der Waals surface area contributed by atoms with E-state index in [9.17, 15) is 30.8 Å². The molecule has 1 fully saturated rings. The summed E-state index contributed by atoms with van der Waals surface area (Å²) in [6, 6.07) is 12.2. The number of rotatable bonds is 8. The van der Waals surface area contributed by atoms with Crippen LogP contribution >= 0.6 is 15.9 Å². The van der Waals surface area contributed by atoms with Gasteiger partial charge in [0.1, 0.15) is 17.2 Å². The van der Waals surface area contributed by atoms with Gasteiger partial charge in [-0.25, -0.2) is 12.8 Å². The second kappa shape index (κ2) is 10.5. The van der Waals surface area contributed by atoms with Crippen molar-refractivity contribution in [3.8, 4) is 11.3 Å². The van der Waals surface area contributed by atoms with Crippen molar-refractivity contribution < 1.29 is 35.2 Å². The van der Waals surface area contributed by atoms with E-state index in [1.54, 1.807) is 6.07 Å². The van der Waals surface area contributed by atoms with Crippen LogP contribution in [0.3, 0.4) is 0 Å². The lowest BCUT2D eigenvalue weighted by atomic mass is 10.0. The summed E-state index contributed by atoms with van der Waals surface area (Å²) in [5.74, 6) is -1.22. The van der Waals surface area contributed by atoms with Gasteiger partial charge in [-0.2, -0.15) is 13.2 Å². The van der Waals surface area contributed by atoms with Gasteiger partial charge in [0.2, 0.25) is 10.0 Å². The Morgan fingerprint density at radius 2 is 1.77 bits per heavy atom. The first kappa shape index (κ1) is 28.2. The highest BCUT2D eigenvalue weighted by molar-refractivity contribution is 9.10. The predicted molar refractivity (Wildman–Crippen MR) is 147 cm³/mol. The van der Waals surface area contributed by atoms with Crippen molar-refractivity contribution >= 4 is 48.5 Å². The molecule has 1 aromatic heterocycles. The molecule has 2 N–H and O–H groups in total. The lowest BCUT2D eigenvalue weighted by Gasteiger charge is -2.15. The Morgan fingerprint density at radius 3 is 2.40 bits per heavy atom. The number of anilines is 1. The van der Waals surface area contributed by atoms with Crippen molar-refractivity contribution in [1.29, 1.82) is 0 Å². The number of nitrogens with one attached hydrogen (secondary N) is 2. The average molecular weight is 639 g/mol. The number of sulfonamides is 1. The minimum absolute atomic E-state index is 0.0483. The maximum absolute atomic E-state index is 13.5. The summed E-state index contributed by atoms with van der Waals surface area (Å²) in [6.45, 7) is 0. The third-order valence-corrected chi connectivity index (χ3v) is 8.49. The fourth-order valence-electron chi connectivity index (χ4n) is 4.63. The summed E-state index contributed by atoms with van der Waals surface area (Å²) in [4.78, 5) is 12.9. The molecule has 6 nitrogen and oxygen atoms in total. The predicted octanol–water partition coefficient (Wildman–Crippen LogP) is 7.24. The summed E-state index contributed by atoms with van der Waals surface area (Å²) in [7, 11) is -2.61. The van der Waals surface area contributed by atoms with Gasteiger partial charge in [0.25, 0.3) is 5.91 Å². The zero-order valence-electron chi connectivity index (χ0n) is 21.0. The zero-order chi connectivity index (χ0) is 28.8. The van der Waals surface area contributed by atoms with Crippen LogP contribution in [-0.2, 0) is 22.6 Å². The van der Waals surface area contributed by atoms with Gasteiger partial charge in [0.05, 0.1) is 22.6 Å². The van der Waals surface area contributed by atoms with Crippen LogP contribution in [0.5, 0.6) is 0 Å². The lowest BCUT2D eigenvalue weighted by molar-refractivity contribution is -0.138. The van der Waals surface area contributed by atoms with E-state index in [0.717, 1.165) is 18.9 Å². The van der Waals surface area contributed by atoms with Gasteiger partial charge >= 0.3 is 6.18 Å². The number of fused-ring (bicyclic) bond motifs is 1. The highest BCUT2D eigenvalue weighted by atomic mass is 79.9. The average Bonchev–Trinajstić information content (AvgIpc) is 3.67. The van der Waals surface area contributed by atoms with E-state index in [1.165, 1.54) is 49.5 Å².